The van der Waals surface area contributed by atoms with Gasteiger partial charge in [-0.2, -0.15) is 0 Å². The number of fused-ring (bicyclic) bond motifs is 1. The van der Waals surface area contributed by atoms with Crippen molar-refractivity contribution in [3.05, 3.63) is 36.0 Å². The van der Waals surface area contributed by atoms with Crippen molar-refractivity contribution >= 4 is 22.9 Å². The number of methoxy groups -OCH3 is 1. The summed E-state index contributed by atoms with van der Waals surface area (Å²) in [6.07, 6.45) is 2.31. The Balaban J connectivity index is 1.81. The summed E-state index contributed by atoms with van der Waals surface area (Å²) in [5, 5.41) is 0.967. The first-order valence-electron chi connectivity index (χ1n) is 7.78. The van der Waals surface area contributed by atoms with Crippen LogP contribution in [0.4, 0.5) is 4.79 Å². The zero-order valence-electron chi connectivity index (χ0n) is 13.5. The fraction of sp³-hybridized carbons (Fsp3) is 0.412. The van der Waals surface area contributed by atoms with Crippen molar-refractivity contribution in [1.82, 2.24) is 14.4 Å². The van der Waals surface area contributed by atoms with Crippen LogP contribution < -0.4 is 0 Å². The van der Waals surface area contributed by atoms with Crippen LogP contribution in [0.3, 0.4) is 0 Å². The zero-order valence-corrected chi connectivity index (χ0v) is 13.5. The first kappa shape index (κ1) is 15.4. The zero-order chi connectivity index (χ0) is 16.4. The molecule has 1 aliphatic rings. The first-order chi connectivity index (χ1) is 11.1. The topological polar surface area (TPSA) is 54.8 Å². The number of hydrogen-bond donors (Lipinski definition) is 0. The van der Waals surface area contributed by atoms with E-state index in [9.17, 15) is 9.59 Å². The van der Waals surface area contributed by atoms with Gasteiger partial charge in [0.25, 0.3) is 5.91 Å². The molecular formula is C17H21N3O3. The van der Waals surface area contributed by atoms with Crippen LogP contribution in [0.2, 0.25) is 0 Å². The van der Waals surface area contributed by atoms with E-state index in [-0.39, 0.29) is 12.0 Å². The normalized spacial score (nSPS) is 15.6. The second-order valence-electron chi connectivity index (χ2n) is 5.77. The van der Waals surface area contributed by atoms with Crippen molar-refractivity contribution in [1.29, 1.82) is 0 Å². The Morgan fingerprint density at radius 3 is 2.52 bits per heavy atom. The smallest absolute Gasteiger partial charge is 0.409 e. The summed E-state index contributed by atoms with van der Waals surface area (Å²) in [6, 6.07) is 7.89. The molecule has 1 saturated heterocycles. The molecule has 2 heterocycles. The lowest BCUT2D eigenvalue weighted by Gasteiger charge is -2.21. The summed E-state index contributed by atoms with van der Waals surface area (Å²) < 4.78 is 6.74. The van der Waals surface area contributed by atoms with Crippen LogP contribution in [0.5, 0.6) is 0 Å². The molecule has 0 spiro atoms. The number of amides is 2. The van der Waals surface area contributed by atoms with Crippen molar-refractivity contribution in [2.75, 3.05) is 33.3 Å². The molecule has 0 N–H and O–H groups in total. The minimum atomic E-state index is -0.329. The summed E-state index contributed by atoms with van der Waals surface area (Å²) in [5.41, 5.74) is 1.76. The molecule has 0 bridgehead atoms. The molecule has 2 aromatic rings. The predicted octanol–water partition coefficient (Wildman–Crippen LogP) is 2.09. The number of ether oxygens (including phenoxy) is 1. The molecule has 122 valence electrons. The summed E-state index contributed by atoms with van der Waals surface area (Å²) in [5.74, 6) is 0.0218. The number of hydrogen-bond acceptors (Lipinski definition) is 3. The van der Waals surface area contributed by atoms with Crippen LogP contribution in [0.25, 0.3) is 10.9 Å². The number of aryl methyl sites for hydroxylation is 1. The Morgan fingerprint density at radius 2 is 1.74 bits per heavy atom. The maximum absolute atomic E-state index is 12.9. The first-order valence-corrected chi connectivity index (χ1v) is 7.78. The number of carbonyl (C=O) groups is 2. The molecule has 1 aliphatic heterocycles. The van der Waals surface area contributed by atoms with Crippen LogP contribution in [0.15, 0.2) is 30.5 Å². The molecule has 6 heteroatoms. The number of carbonyl (C=O) groups excluding carboxylic acids is 2. The highest BCUT2D eigenvalue weighted by Crippen LogP contribution is 2.22. The Labute approximate surface area is 135 Å². The molecule has 6 nitrogen and oxygen atoms in total. The third-order valence-corrected chi connectivity index (χ3v) is 4.34. The highest BCUT2D eigenvalue weighted by atomic mass is 16.5. The number of nitrogens with zero attached hydrogens (tertiary/aromatic N) is 3. The average molecular weight is 315 g/mol. The molecule has 2 amide bonds. The third-order valence-electron chi connectivity index (χ3n) is 4.34. The molecule has 0 radical (unpaired) electrons. The quantitative estimate of drug-likeness (QED) is 0.810. The number of aromatic nitrogens is 1. The Bertz CT molecular complexity index is 738. The van der Waals surface area contributed by atoms with Gasteiger partial charge in [-0.15, -0.1) is 0 Å². The summed E-state index contributed by atoms with van der Waals surface area (Å²) in [6.45, 7) is 2.29. The minimum absolute atomic E-state index is 0.0218. The Hall–Kier alpha value is -2.50. The van der Waals surface area contributed by atoms with Crippen molar-refractivity contribution in [3.63, 3.8) is 0 Å². The lowest BCUT2D eigenvalue weighted by molar-refractivity contribution is 0.0759. The number of benzene rings is 1. The highest BCUT2D eigenvalue weighted by Gasteiger charge is 2.24. The molecular weight excluding hydrogens is 294 g/mol. The molecule has 0 saturated carbocycles. The van der Waals surface area contributed by atoms with Gasteiger partial charge in [0.1, 0.15) is 0 Å². The van der Waals surface area contributed by atoms with Crippen LogP contribution in [-0.4, -0.2) is 59.7 Å². The van der Waals surface area contributed by atoms with Gasteiger partial charge < -0.3 is 19.1 Å². The van der Waals surface area contributed by atoms with E-state index < -0.39 is 0 Å². The van der Waals surface area contributed by atoms with Crippen molar-refractivity contribution in [3.8, 4) is 0 Å². The lowest BCUT2D eigenvalue weighted by Crippen LogP contribution is -2.37. The van der Waals surface area contributed by atoms with Crippen LogP contribution >= 0.6 is 0 Å². The van der Waals surface area contributed by atoms with Crippen molar-refractivity contribution in [2.45, 2.75) is 6.42 Å². The van der Waals surface area contributed by atoms with Crippen LogP contribution in [0, 0.1) is 0 Å². The number of para-hydroxylation sites is 1. The minimum Gasteiger partial charge on any atom is -0.453 e. The molecule has 1 aromatic carbocycles. The van der Waals surface area contributed by atoms with E-state index in [2.05, 4.69) is 0 Å². The SMILES string of the molecule is COC(=O)N1CCCN(C(=O)c2cn(C)c3ccccc23)CC1. The second-order valence-corrected chi connectivity index (χ2v) is 5.77. The van der Waals surface area contributed by atoms with E-state index >= 15 is 0 Å². The third kappa shape index (κ3) is 2.88. The van der Waals surface area contributed by atoms with Crippen LogP contribution in [-0.2, 0) is 11.8 Å². The maximum Gasteiger partial charge on any atom is 0.409 e. The van der Waals surface area contributed by atoms with Gasteiger partial charge in [0.15, 0.2) is 0 Å². The molecule has 1 aromatic heterocycles. The van der Waals surface area contributed by atoms with Gasteiger partial charge in [0, 0.05) is 50.3 Å². The second kappa shape index (κ2) is 6.32. The highest BCUT2D eigenvalue weighted by molar-refractivity contribution is 6.07. The fourth-order valence-electron chi connectivity index (χ4n) is 3.11. The van der Waals surface area contributed by atoms with E-state index in [0.717, 1.165) is 22.9 Å². The van der Waals surface area contributed by atoms with Crippen molar-refractivity contribution < 1.29 is 14.3 Å². The van der Waals surface area contributed by atoms with Gasteiger partial charge in [-0.05, 0) is 12.5 Å². The average Bonchev–Trinajstić information content (AvgIpc) is 2.76. The maximum atomic E-state index is 12.9. The van der Waals surface area contributed by atoms with Gasteiger partial charge in [-0.1, -0.05) is 18.2 Å². The molecule has 0 unspecified atom stereocenters. The predicted molar refractivity (Wildman–Crippen MR) is 87.4 cm³/mol. The van der Waals surface area contributed by atoms with E-state index in [0.29, 0.717) is 26.2 Å². The van der Waals surface area contributed by atoms with E-state index in [1.807, 2.05) is 47.0 Å². The van der Waals surface area contributed by atoms with Gasteiger partial charge in [-0.25, -0.2) is 4.79 Å². The van der Waals surface area contributed by atoms with Gasteiger partial charge in [0.2, 0.25) is 0 Å². The monoisotopic (exact) mass is 315 g/mol. The molecule has 0 atom stereocenters. The van der Waals surface area contributed by atoms with Crippen molar-refractivity contribution in [2.24, 2.45) is 7.05 Å². The standard InChI is InChI=1S/C17H21N3O3/c1-18-12-14(13-6-3-4-7-15(13)18)16(21)19-8-5-9-20(11-10-19)17(22)23-2/h3-4,6-7,12H,5,8-11H2,1-2H3. The Kier molecular flexibility index (Phi) is 4.23. The van der Waals surface area contributed by atoms with E-state index in [1.165, 1.54) is 7.11 Å². The van der Waals surface area contributed by atoms with E-state index in [4.69, 9.17) is 4.74 Å². The lowest BCUT2D eigenvalue weighted by atomic mass is 10.1. The van der Waals surface area contributed by atoms with Gasteiger partial charge in [0.05, 0.1) is 12.7 Å². The van der Waals surface area contributed by atoms with E-state index in [1.54, 1.807) is 4.90 Å². The van der Waals surface area contributed by atoms with Crippen LogP contribution in [0.1, 0.15) is 16.8 Å². The number of rotatable bonds is 1. The largest absolute Gasteiger partial charge is 0.453 e. The molecule has 0 aliphatic carbocycles. The molecule has 1 fully saturated rings. The summed E-state index contributed by atoms with van der Waals surface area (Å²) in [7, 11) is 3.33. The molecule has 23 heavy (non-hydrogen) atoms. The van der Waals surface area contributed by atoms with Gasteiger partial charge in [-0.3, -0.25) is 4.79 Å². The Morgan fingerprint density at radius 1 is 1.04 bits per heavy atom. The summed E-state index contributed by atoms with van der Waals surface area (Å²) in [4.78, 5) is 28.0. The summed E-state index contributed by atoms with van der Waals surface area (Å²) >= 11 is 0. The fourth-order valence-corrected chi connectivity index (χ4v) is 3.11. The van der Waals surface area contributed by atoms with Gasteiger partial charge >= 0.3 is 6.09 Å². The molecule has 3 rings (SSSR count).